The van der Waals surface area contributed by atoms with E-state index >= 15 is 0 Å². The number of hydrogen-bond donors (Lipinski definition) is 1. The van der Waals surface area contributed by atoms with Crippen LogP contribution in [0.1, 0.15) is 18.1 Å². The molecule has 1 atom stereocenters. The van der Waals surface area contributed by atoms with Gasteiger partial charge >= 0.3 is 0 Å². The second-order valence-electron chi connectivity index (χ2n) is 7.85. The number of hydrogen-bond acceptors (Lipinski definition) is 4. The van der Waals surface area contributed by atoms with Crippen molar-refractivity contribution in [3.8, 4) is 11.5 Å². The van der Waals surface area contributed by atoms with Gasteiger partial charge in [-0.25, -0.2) is 0 Å². The van der Waals surface area contributed by atoms with E-state index in [0.717, 1.165) is 16.9 Å². The van der Waals surface area contributed by atoms with Gasteiger partial charge in [-0.15, -0.1) is 6.58 Å². The van der Waals surface area contributed by atoms with Crippen LogP contribution in [0.15, 0.2) is 91.5 Å². The minimum absolute atomic E-state index is 0.122. The molecule has 0 spiro atoms. The van der Waals surface area contributed by atoms with Gasteiger partial charge in [-0.2, -0.15) is 0 Å². The minimum Gasteiger partial charge on any atom is -0.489 e. The third-order valence-electron chi connectivity index (χ3n) is 5.30. The van der Waals surface area contributed by atoms with Gasteiger partial charge in [0.1, 0.15) is 18.1 Å². The largest absolute Gasteiger partial charge is 0.489 e. The lowest BCUT2D eigenvalue weighted by Crippen LogP contribution is -2.44. The predicted octanol–water partition coefficient (Wildman–Crippen LogP) is 5.22. The molecule has 1 aliphatic heterocycles. The van der Waals surface area contributed by atoms with Crippen molar-refractivity contribution in [2.45, 2.75) is 19.6 Å². The van der Waals surface area contributed by atoms with E-state index in [4.69, 9.17) is 9.47 Å². The average Bonchev–Trinajstić information content (AvgIpc) is 2.85. The summed E-state index contributed by atoms with van der Waals surface area (Å²) in [5.41, 5.74) is 3.22. The number of anilines is 2. The highest BCUT2D eigenvalue weighted by molar-refractivity contribution is 6.03. The molecule has 3 aromatic carbocycles. The maximum Gasteiger partial charge on any atom is 0.268 e. The van der Waals surface area contributed by atoms with Crippen LogP contribution in [0.5, 0.6) is 11.5 Å². The maximum absolute atomic E-state index is 12.4. The van der Waals surface area contributed by atoms with E-state index in [1.807, 2.05) is 54.6 Å². The maximum atomic E-state index is 12.4. The Labute approximate surface area is 199 Å². The number of fused-ring (bicyclic) bond motifs is 1. The van der Waals surface area contributed by atoms with Crippen LogP contribution in [0.4, 0.5) is 11.4 Å². The van der Waals surface area contributed by atoms with Crippen molar-refractivity contribution >= 4 is 29.3 Å². The first-order chi connectivity index (χ1) is 16.5. The Morgan fingerprint density at radius 2 is 1.88 bits per heavy atom. The molecule has 0 fully saturated rings. The zero-order chi connectivity index (χ0) is 23.9. The van der Waals surface area contributed by atoms with Crippen molar-refractivity contribution in [3.05, 3.63) is 103 Å². The van der Waals surface area contributed by atoms with Crippen LogP contribution in [0, 0.1) is 0 Å². The molecule has 0 bridgehead atoms. The molecule has 0 saturated heterocycles. The Kier molecular flexibility index (Phi) is 7.08. The van der Waals surface area contributed by atoms with Crippen LogP contribution in [-0.2, 0) is 16.2 Å². The van der Waals surface area contributed by atoms with Gasteiger partial charge in [-0.1, -0.05) is 48.5 Å². The third kappa shape index (κ3) is 5.53. The predicted molar refractivity (Wildman–Crippen MR) is 134 cm³/mol. The summed E-state index contributed by atoms with van der Waals surface area (Å²) in [5, 5.41) is 2.83. The highest BCUT2D eigenvalue weighted by Gasteiger charge is 2.30. The number of nitrogens with zero attached hydrogens (tertiary/aromatic N) is 1. The fourth-order valence-corrected chi connectivity index (χ4v) is 3.58. The first kappa shape index (κ1) is 22.9. The third-order valence-corrected chi connectivity index (χ3v) is 5.30. The molecule has 0 saturated carbocycles. The number of ether oxygens (including phenoxy) is 2. The van der Waals surface area contributed by atoms with Gasteiger partial charge in [-0.05, 0) is 48.4 Å². The number of carbonyl (C=O) groups is 2. The van der Waals surface area contributed by atoms with E-state index in [0.29, 0.717) is 30.3 Å². The van der Waals surface area contributed by atoms with Crippen molar-refractivity contribution in [2.75, 3.05) is 16.8 Å². The van der Waals surface area contributed by atoms with E-state index in [9.17, 15) is 9.59 Å². The Hall–Kier alpha value is -4.32. The molecule has 1 aliphatic rings. The molecule has 0 radical (unpaired) electrons. The van der Waals surface area contributed by atoms with Crippen LogP contribution in [-0.4, -0.2) is 24.5 Å². The van der Waals surface area contributed by atoms with Gasteiger partial charge in [-0.3, -0.25) is 9.59 Å². The lowest BCUT2D eigenvalue weighted by atomic mass is 10.1. The Morgan fingerprint density at radius 3 is 2.62 bits per heavy atom. The summed E-state index contributed by atoms with van der Waals surface area (Å²) < 4.78 is 11.5. The summed E-state index contributed by atoms with van der Waals surface area (Å²) in [6.45, 7) is 6.31. The van der Waals surface area contributed by atoms with E-state index in [1.165, 1.54) is 6.08 Å². The SMILES string of the molecule is C=CCN1C(=O)C(C)Oc2cc(NC(=O)/C=C/c3ccc(OCc4ccccc4)cc3)ccc21. The minimum atomic E-state index is -0.599. The summed E-state index contributed by atoms with van der Waals surface area (Å²) in [4.78, 5) is 26.4. The highest BCUT2D eigenvalue weighted by Crippen LogP contribution is 2.36. The molecule has 0 aliphatic carbocycles. The molecule has 6 heteroatoms. The number of amides is 2. The quantitative estimate of drug-likeness (QED) is 0.374. The van der Waals surface area contributed by atoms with E-state index in [2.05, 4.69) is 11.9 Å². The fraction of sp³-hybridized carbons (Fsp3) is 0.143. The zero-order valence-corrected chi connectivity index (χ0v) is 18.9. The average molecular weight is 455 g/mol. The van der Waals surface area contributed by atoms with Crippen LogP contribution in [0.2, 0.25) is 0 Å². The Balaban J connectivity index is 1.35. The smallest absolute Gasteiger partial charge is 0.268 e. The topological polar surface area (TPSA) is 67.9 Å². The molecule has 1 N–H and O–H groups in total. The van der Waals surface area contributed by atoms with Gasteiger partial charge in [0.15, 0.2) is 6.10 Å². The molecule has 0 aromatic heterocycles. The zero-order valence-electron chi connectivity index (χ0n) is 18.9. The van der Waals surface area contributed by atoms with Crippen molar-refractivity contribution in [1.29, 1.82) is 0 Å². The summed E-state index contributed by atoms with van der Waals surface area (Å²) in [7, 11) is 0. The molecule has 3 aromatic rings. The van der Waals surface area contributed by atoms with Crippen LogP contribution in [0.3, 0.4) is 0 Å². The molecule has 4 rings (SSSR count). The van der Waals surface area contributed by atoms with E-state index in [1.54, 1.807) is 42.2 Å². The Morgan fingerprint density at radius 1 is 1.12 bits per heavy atom. The molecule has 1 heterocycles. The summed E-state index contributed by atoms with van der Waals surface area (Å²) in [6, 6.07) is 22.7. The highest BCUT2D eigenvalue weighted by atomic mass is 16.5. The summed E-state index contributed by atoms with van der Waals surface area (Å²) in [5.74, 6) is 0.912. The van der Waals surface area contributed by atoms with Gasteiger partial charge in [0.25, 0.3) is 5.91 Å². The summed E-state index contributed by atoms with van der Waals surface area (Å²) in [6.07, 6.45) is 4.27. The fourth-order valence-electron chi connectivity index (χ4n) is 3.58. The van der Waals surface area contributed by atoms with Gasteiger partial charge in [0.2, 0.25) is 5.91 Å². The van der Waals surface area contributed by atoms with Crippen LogP contribution in [0.25, 0.3) is 6.08 Å². The number of carbonyl (C=O) groups excluding carboxylic acids is 2. The first-order valence-corrected chi connectivity index (χ1v) is 11.0. The standard InChI is InChI=1S/C28H26N2O4/c1-3-17-30-25-15-12-23(18-26(25)34-20(2)28(30)32)29-27(31)16-11-21-9-13-24(14-10-21)33-19-22-7-5-4-6-8-22/h3-16,18,20H,1,17,19H2,2H3,(H,29,31)/b16-11+. The summed E-state index contributed by atoms with van der Waals surface area (Å²) >= 11 is 0. The first-order valence-electron chi connectivity index (χ1n) is 11.0. The molecular weight excluding hydrogens is 428 g/mol. The molecule has 172 valence electrons. The van der Waals surface area contributed by atoms with Crippen LogP contribution >= 0.6 is 0 Å². The lowest BCUT2D eigenvalue weighted by Gasteiger charge is -2.32. The van der Waals surface area contributed by atoms with Crippen molar-refractivity contribution in [3.63, 3.8) is 0 Å². The van der Waals surface area contributed by atoms with Crippen LogP contribution < -0.4 is 19.7 Å². The normalized spacial score (nSPS) is 14.9. The van der Waals surface area contributed by atoms with E-state index < -0.39 is 6.10 Å². The van der Waals surface area contributed by atoms with Crippen molar-refractivity contribution in [1.82, 2.24) is 0 Å². The molecule has 34 heavy (non-hydrogen) atoms. The lowest BCUT2D eigenvalue weighted by molar-refractivity contribution is -0.125. The molecule has 2 amide bonds. The molecular formula is C28H26N2O4. The molecule has 1 unspecified atom stereocenters. The van der Waals surface area contributed by atoms with Gasteiger partial charge in [0.05, 0.1) is 5.69 Å². The van der Waals surface area contributed by atoms with Crippen molar-refractivity contribution < 1.29 is 19.1 Å². The van der Waals surface area contributed by atoms with Crippen molar-refractivity contribution in [2.24, 2.45) is 0 Å². The number of nitrogens with one attached hydrogen (secondary N) is 1. The number of benzene rings is 3. The monoisotopic (exact) mass is 454 g/mol. The van der Waals surface area contributed by atoms with Gasteiger partial charge in [0, 0.05) is 24.4 Å². The Bertz CT molecular complexity index is 1200. The van der Waals surface area contributed by atoms with Gasteiger partial charge < -0.3 is 19.7 Å². The second kappa shape index (κ2) is 10.5. The van der Waals surface area contributed by atoms with E-state index in [-0.39, 0.29) is 11.8 Å². The molecule has 6 nitrogen and oxygen atoms in total. The second-order valence-corrected chi connectivity index (χ2v) is 7.85. The number of rotatable bonds is 8.